The van der Waals surface area contributed by atoms with E-state index in [1.165, 1.54) is 6.07 Å². The van der Waals surface area contributed by atoms with Crippen LogP contribution >= 0.6 is 11.8 Å². The third-order valence-electron chi connectivity index (χ3n) is 3.43. The average Bonchev–Trinajstić information content (AvgIpc) is 2.98. The molecule has 0 saturated heterocycles. The number of amides is 1. The highest BCUT2D eigenvalue weighted by atomic mass is 32.2. The van der Waals surface area contributed by atoms with Gasteiger partial charge in [-0.3, -0.25) is 4.79 Å². The summed E-state index contributed by atoms with van der Waals surface area (Å²) >= 11 is 1.13. The highest BCUT2D eigenvalue weighted by molar-refractivity contribution is 7.99. The van der Waals surface area contributed by atoms with Gasteiger partial charge in [-0.2, -0.15) is 0 Å². The number of anilines is 1. The average molecular weight is 360 g/mol. The van der Waals surface area contributed by atoms with Gasteiger partial charge in [-0.15, -0.1) is 10.2 Å². The number of nitrogens with zero attached hydrogens (tertiary/aromatic N) is 3. The van der Waals surface area contributed by atoms with Gasteiger partial charge in [0.25, 0.3) is 0 Å². The van der Waals surface area contributed by atoms with Gasteiger partial charge in [0.15, 0.2) is 11.0 Å². The van der Waals surface area contributed by atoms with E-state index in [4.69, 9.17) is 0 Å². The van der Waals surface area contributed by atoms with Crippen LogP contribution in [-0.2, 0) is 11.8 Å². The summed E-state index contributed by atoms with van der Waals surface area (Å²) < 4.78 is 28.8. The van der Waals surface area contributed by atoms with Gasteiger partial charge in [0.05, 0.1) is 5.75 Å². The van der Waals surface area contributed by atoms with Crippen molar-refractivity contribution in [1.82, 2.24) is 14.8 Å². The first-order valence-corrected chi connectivity index (χ1v) is 8.36. The lowest BCUT2D eigenvalue weighted by molar-refractivity contribution is -0.113. The van der Waals surface area contributed by atoms with Gasteiger partial charge in [-0.05, 0) is 12.1 Å². The number of hydrogen-bond donors (Lipinski definition) is 1. The molecule has 3 rings (SSSR count). The van der Waals surface area contributed by atoms with Crippen molar-refractivity contribution in [1.29, 1.82) is 0 Å². The molecule has 0 bridgehead atoms. The number of rotatable bonds is 5. The summed E-state index contributed by atoms with van der Waals surface area (Å²) in [5, 5.41) is 10.9. The van der Waals surface area contributed by atoms with Crippen LogP contribution in [0.3, 0.4) is 0 Å². The van der Waals surface area contributed by atoms with Gasteiger partial charge in [0.2, 0.25) is 5.91 Å². The third-order valence-corrected chi connectivity index (χ3v) is 4.45. The second kappa shape index (κ2) is 7.43. The molecule has 0 aliphatic carbocycles. The molecule has 1 aromatic heterocycles. The second-order valence-corrected chi connectivity index (χ2v) is 6.11. The predicted octanol–water partition coefficient (Wildman–Crippen LogP) is 3.49. The molecule has 1 N–H and O–H groups in total. The minimum absolute atomic E-state index is 0.0471. The van der Waals surface area contributed by atoms with E-state index in [9.17, 15) is 13.6 Å². The van der Waals surface area contributed by atoms with E-state index in [1.807, 2.05) is 30.3 Å². The maximum Gasteiger partial charge on any atom is 0.235 e. The normalized spacial score (nSPS) is 10.7. The number of carbonyl (C=O) groups is 1. The Hall–Kier alpha value is -2.74. The van der Waals surface area contributed by atoms with Crippen LogP contribution < -0.4 is 5.32 Å². The van der Waals surface area contributed by atoms with Crippen LogP contribution in [-0.4, -0.2) is 26.4 Å². The van der Waals surface area contributed by atoms with E-state index >= 15 is 0 Å². The van der Waals surface area contributed by atoms with Crippen LogP contribution in [0, 0.1) is 11.6 Å². The molecular formula is C17H14F2N4OS. The van der Waals surface area contributed by atoms with Crippen LogP contribution in [0.4, 0.5) is 14.5 Å². The fraction of sp³-hybridized carbons (Fsp3) is 0.118. The van der Waals surface area contributed by atoms with Crippen LogP contribution in [0.25, 0.3) is 11.4 Å². The summed E-state index contributed by atoms with van der Waals surface area (Å²) in [6.07, 6.45) is 0. The summed E-state index contributed by atoms with van der Waals surface area (Å²) in [4.78, 5) is 12.0. The van der Waals surface area contributed by atoms with E-state index in [-0.39, 0.29) is 5.75 Å². The van der Waals surface area contributed by atoms with E-state index in [0.29, 0.717) is 11.0 Å². The molecular weight excluding hydrogens is 346 g/mol. The maximum atomic E-state index is 13.5. The molecule has 0 radical (unpaired) electrons. The van der Waals surface area contributed by atoms with Crippen LogP contribution in [0.15, 0.2) is 53.7 Å². The van der Waals surface area contributed by atoms with Crippen LogP contribution in [0.5, 0.6) is 0 Å². The molecule has 0 aliphatic heterocycles. The number of carbonyl (C=O) groups excluding carboxylic acids is 1. The molecule has 1 amide bonds. The molecule has 0 spiro atoms. The van der Waals surface area contributed by atoms with E-state index < -0.39 is 23.2 Å². The molecule has 0 saturated carbocycles. The van der Waals surface area contributed by atoms with Gasteiger partial charge in [0.1, 0.15) is 17.3 Å². The fourth-order valence-electron chi connectivity index (χ4n) is 2.20. The lowest BCUT2D eigenvalue weighted by atomic mass is 10.2. The van der Waals surface area contributed by atoms with E-state index in [1.54, 1.807) is 11.6 Å². The molecule has 25 heavy (non-hydrogen) atoms. The van der Waals surface area contributed by atoms with Gasteiger partial charge < -0.3 is 9.88 Å². The lowest BCUT2D eigenvalue weighted by Gasteiger charge is -2.07. The Kier molecular flexibility index (Phi) is 5.08. The Balaban J connectivity index is 1.66. The Morgan fingerprint density at radius 1 is 1.08 bits per heavy atom. The Morgan fingerprint density at radius 3 is 2.44 bits per heavy atom. The molecule has 0 aliphatic rings. The first-order valence-electron chi connectivity index (χ1n) is 7.37. The van der Waals surface area contributed by atoms with Gasteiger partial charge in [0, 0.05) is 12.6 Å². The smallest absolute Gasteiger partial charge is 0.235 e. The summed E-state index contributed by atoms with van der Waals surface area (Å²) in [5.41, 5.74) is 0.457. The summed E-state index contributed by atoms with van der Waals surface area (Å²) in [7, 11) is 1.79. The van der Waals surface area contributed by atoms with Crippen molar-refractivity contribution in [3.05, 3.63) is 60.2 Å². The van der Waals surface area contributed by atoms with Gasteiger partial charge in [-0.1, -0.05) is 48.2 Å². The molecule has 1 heterocycles. The minimum Gasteiger partial charge on any atom is -0.320 e. The van der Waals surface area contributed by atoms with E-state index in [2.05, 4.69) is 15.5 Å². The quantitative estimate of drug-likeness (QED) is 0.708. The molecule has 128 valence electrons. The van der Waals surface area contributed by atoms with Crippen molar-refractivity contribution in [2.24, 2.45) is 7.05 Å². The molecule has 0 unspecified atom stereocenters. The maximum absolute atomic E-state index is 13.5. The number of benzene rings is 2. The summed E-state index contributed by atoms with van der Waals surface area (Å²) in [6.45, 7) is 0. The number of para-hydroxylation sites is 1. The van der Waals surface area contributed by atoms with Crippen LogP contribution in [0.2, 0.25) is 0 Å². The van der Waals surface area contributed by atoms with Crippen LogP contribution in [0.1, 0.15) is 0 Å². The zero-order chi connectivity index (χ0) is 17.8. The fourth-order valence-corrected chi connectivity index (χ4v) is 2.91. The van der Waals surface area contributed by atoms with Crippen molar-refractivity contribution in [2.75, 3.05) is 11.1 Å². The van der Waals surface area contributed by atoms with Crippen molar-refractivity contribution >= 4 is 23.4 Å². The molecule has 2 aromatic carbocycles. The summed E-state index contributed by atoms with van der Waals surface area (Å²) in [6, 6.07) is 12.9. The minimum atomic E-state index is -0.816. The monoisotopic (exact) mass is 360 g/mol. The standard InChI is InChI=1S/C17H14F2N4OS/c1-23-16(11-6-3-2-4-7-11)21-22-17(23)25-10-14(24)20-15-12(18)8-5-9-13(15)19/h2-9H,10H2,1H3,(H,20,24). The SMILES string of the molecule is Cn1c(SCC(=O)Nc2c(F)cccc2F)nnc1-c1ccccc1. The topological polar surface area (TPSA) is 59.8 Å². The highest BCUT2D eigenvalue weighted by Crippen LogP contribution is 2.23. The van der Waals surface area contributed by atoms with Crippen molar-refractivity contribution in [3.8, 4) is 11.4 Å². The Labute approximate surface area is 147 Å². The third kappa shape index (κ3) is 3.85. The Morgan fingerprint density at radius 2 is 1.76 bits per heavy atom. The molecule has 0 atom stereocenters. The van der Waals surface area contributed by atoms with Crippen molar-refractivity contribution in [2.45, 2.75) is 5.16 Å². The second-order valence-electron chi connectivity index (χ2n) is 5.16. The highest BCUT2D eigenvalue weighted by Gasteiger charge is 2.15. The van der Waals surface area contributed by atoms with Crippen molar-refractivity contribution in [3.63, 3.8) is 0 Å². The number of hydrogen-bond acceptors (Lipinski definition) is 4. The van der Waals surface area contributed by atoms with Gasteiger partial charge in [-0.25, -0.2) is 8.78 Å². The molecule has 3 aromatic rings. The van der Waals surface area contributed by atoms with E-state index in [0.717, 1.165) is 29.5 Å². The molecule has 8 heteroatoms. The number of nitrogens with one attached hydrogen (secondary N) is 1. The lowest BCUT2D eigenvalue weighted by Crippen LogP contribution is -2.16. The summed E-state index contributed by atoms with van der Waals surface area (Å²) in [5.74, 6) is -1.54. The number of thioether (sulfide) groups is 1. The largest absolute Gasteiger partial charge is 0.320 e. The van der Waals surface area contributed by atoms with Gasteiger partial charge >= 0.3 is 0 Å². The molecule has 0 fully saturated rings. The Bertz CT molecular complexity index is 879. The molecule has 5 nitrogen and oxygen atoms in total. The number of aromatic nitrogens is 3. The zero-order valence-corrected chi connectivity index (χ0v) is 14.1. The first-order chi connectivity index (χ1) is 12.1. The van der Waals surface area contributed by atoms with Crippen molar-refractivity contribution < 1.29 is 13.6 Å². The number of halogens is 2. The first kappa shape index (κ1) is 17.1. The zero-order valence-electron chi connectivity index (χ0n) is 13.2. The predicted molar refractivity (Wildman–Crippen MR) is 92.2 cm³/mol.